The molecular formula is C30H37FN6O6S. The summed E-state index contributed by atoms with van der Waals surface area (Å²) in [6, 6.07) is 8.31. The molecule has 236 valence electrons. The third kappa shape index (κ3) is 7.53. The summed E-state index contributed by atoms with van der Waals surface area (Å²) in [7, 11) is 0. The third-order valence-corrected chi connectivity index (χ3v) is 8.19. The first-order chi connectivity index (χ1) is 20.8. The highest BCUT2D eigenvalue weighted by Gasteiger charge is 2.27. The first-order valence-electron chi connectivity index (χ1n) is 14.3. The molecule has 1 saturated heterocycles. The number of ether oxygens (including phenoxy) is 2. The lowest BCUT2D eigenvalue weighted by Gasteiger charge is -2.35. The fourth-order valence-electron chi connectivity index (χ4n) is 4.79. The molecule has 2 atom stereocenters. The van der Waals surface area contributed by atoms with Crippen LogP contribution in [0.2, 0.25) is 0 Å². The van der Waals surface area contributed by atoms with Crippen LogP contribution in [0.25, 0.3) is 10.9 Å². The molecule has 14 heteroatoms. The fraction of sp³-hybridized carbons (Fsp3) is 0.467. The van der Waals surface area contributed by atoms with Gasteiger partial charge in [0.25, 0.3) is 16.8 Å². The molecule has 1 N–H and O–H groups in total. The highest BCUT2D eigenvalue weighted by Crippen LogP contribution is 2.36. The fourth-order valence-corrected chi connectivity index (χ4v) is 5.57. The van der Waals surface area contributed by atoms with Gasteiger partial charge in [0.2, 0.25) is 0 Å². The summed E-state index contributed by atoms with van der Waals surface area (Å²) in [5.41, 5.74) is -0.659. The van der Waals surface area contributed by atoms with Gasteiger partial charge in [0, 0.05) is 45.3 Å². The number of carbonyl (C=O) groups excluding carboxylic acids is 1. The second-order valence-electron chi connectivity index (χ2n) is 11.5. The maximum Gasteiger partial charge on any atom is 0.410 e. The Labute approximate surface area is 258 Å². The molecular weight excluding hydrogens is 591 g/mol. The smallest absolute Gasteiger partial charge is 0.410 e. The summed E-state index contributed by atoms with van der Waals surface area (Å²) >= 11 is -2.47. The van der Waals surface area contributed by atoms with Crippen LogP contribution >= 0.6 is 0 Å². The lowest BCUT2D eigenvalue weighted by Crippen LogP contribution is -2.50. The van der Waals surface area contributed by atoms with Crippen LogP contribution in [-0.2, 0) is 22.5 Å². The number of amides is 1. The van der Waals surface area contributed by atoms with Crippen LogP contribution in [0.15, 0.2) is 41.5 Å². The molecule has 0 aliphatic carbocycles. The molecule has 3 aromatic rings. The van der Waals surface area contributed by atoms with Gasteiger partial charge in [-0.15, -0.1) is 0 Å². The third-order valence-electron chi connectivity index (χ3n) is 7.29. The molecule has 0 radical (unpaired) electrons. The van der Waals surface area contributed by atoms with E-state index >= 15 is 0 Å². The second-order valence-corrected chi connectivity index (χ2v) is 12.4. The van der Waals surface area contributed by atoms with Gasteiger partial charge in [0.05, 0.1) is 22.9 Å². The van der Waals surface area contributed by atoms with Crippen LogP contribution in [0, 0.1) is 17.1 Å². The summed E-state index contributed by atoms with van der Waals surface area (Å²) in [5.74, 6) is -1.16. The number of carbonyl (C=O) groups is 1. The Hall–Kier alpha value is -4.06. The molecule has 1 amide bonds. The van der Waals surface area contributed by atoms with Gasteiger partial charge in [-0.2, -0.15) is 5.26 Å². The van der Waals surface area contributed by atoms with E-state index in [-0.39, 0.29) is 34.0 Å². The summed E-state index contributed by atoms with van der Waals surface area (Å²) in [5, 5.41) is 10.1. The Morgan fingerprint density at radius 3 is 2.52 bits per heavy atom. The zero-order valence-electron chi connectivity index (χ0n) is 25.4. The molecule has 2 heterocycles. The number of rotatable bonds is 9. The molecule has 12 nitrogen and oxygen atoms in total. The molecule has 2 aromatic carbocycles. The number of halogens is 1. The highest BCUT2D eigenvalue weighted by molar-refractivity contribution is 7.80. The monoisotopic (exact) mass is 628 g/mol. The minimum Gasteiger partial charge on any atom is -0.453 e. The number of hydrogen-bond donors (Lipinski definition) is 1. The Bertz CT molecular complexity index is 1640. The van der Waals surface area contributed by atoms with Crippen LogP contribution in [-0.4, -0.2) is 78.6 Å². The van der Waals surface area contributed by atoms with E-state index in [9.17, 15) is 28.0 Å². The zero-order chi connectivity index (χ0) is 32.2. The van der Waals surface area contributed by atoms with E-state index in [1.807, 2.05) is 33.8 Å². The van der Waals surface area contributed by atoms with Crippen molar-refractivity contribution < 1.29 is 27.4 Å². The van der Waals surface area contributed by atoms with Crippen molar-refractivity contribution in [2.24, 2.45) is 0 Å². The molecule has 1 aliphatic heterocycles. The van der Waals surface area contributed by atoms with Crippen LogP contribution in [0.4, 0.5) is 14.9 Å². The first kappa shape index (κ1) is 32.8. The summed E-state index contributed by atoms with van der Waals surface area (Å²) in [6.45, 7) is 12.3. The number of fused-ring (bicyclic) bond motifs is 1. The van der Waals surface area contributed by atoms with Gasteiger partial charge < -0.3 is 14.4 Å². The van der Waals surface area contributed by atoms with Crippen LogP contribution in [0.1, 0.15) is 46.6 Å². The SMILES string of the molecule is CCC(C)N(c1ccc(F)c(Oc2ccc3ncn(CCN4CCN(C(=O)OC(C)(C)C)CC4)c(=O)c3c2)c1C#N)S(=O)O. The number of nitrogens with zero attached hydrogens (tertiary/aromatic N) is 6. The Morgan fingerprint density at radius 2 is 1.91 bits per heavy atom. The van der Waals surface area contributed by atoms with Crippen molar-refractivity contribution in [1.82, 2.24) is 19.4 Å². The van der Waals surface area contributed by atoms with Crippen molar-refractivity contribution in [3.05, 3.63) is 58.4 Å². The van der Waals surface area contributed by atoms with E-state index in [4.69, 9.17) is 9.47 Å². The minimum atomic E-state index is -2.47. The summed E-state index contributed by atoms with van der Waals surface area (Å²) in [4.78, 5) is 33.9. The summed E-state index contributed by atoms with van der Waals surface area (Å²) < 4.78 is 50.8. The molecule has 4 rings (SSSR count). The van der Waals surface area contributed by atoms with E-state index in [0.717, 1.165) is 10.4 Å². The van der Waals surface area contributed by atoms with Gasteiger partial charge in [-0.3, -0.25) is 23.1 Å². The van der Waals surface area contributed by atoms with Gasteiger partial charge in [0.15, 0.2) is 11.6 Å². The van der Waals surface area contributed by atoms with E-state index in [1.54, 1.807) is 17.9 Å². The van der Waals surface area contributed by atoms with Gasteiger partial charge in [-0.25, -0.2) is 18.4 Å². The van der Waals surface area contributed by atoms with Crippen LogP contribution in [0.3, 0.4) is 0 Å². The van der Waals surface area contributed by atoms with Gasteiger partial charge in [-0.1, -0.05) is 6.92 Å². The van der Waals surface area contributed by atoms with Crippen molar-refractivity contribution in [2.75, 3.05) is 37.0 Å². The first-order valence-corrected chi connectivity index (χ1v) is 15.4. The molecule has 44 heavy (non-hydrogen) atoms. The predicted octanol–water partition coefficient (Wildman–Crippen LogP) is 4.49. The average molecular weight is 629 g/mol. The van der Waals surface area contributed by atoms with Gasteiger partial charge >= 0.3 is 6.09 Å². The number of hydrogen-bond acceptors (Lipinski definition) is 8. The second kappa shape index (κ2) is 13.7. The molecule has 0 spiro atoms. The van der Waals surface area contributed by atoms with E-state index < -0.39 is 34.5 Å². The number of aromatic nitrogens is 2. The number of nitriles is 1. The normalized spacial score (nSPS) is 15.5. The van der Waals surface area contributed by atoms with E-state index in [1.165, 1.54) is 29.1 Å². The molecule has 2 unspecified atom stereocenters. The largest absolute Gasteiger partial charge is 0.453 e. The molecule has 0 bridgehead atoms. The molecule has 1 aromatic heterocycles. The lowest BCUT2D eigenvalue weighted by atomic mass is 10.1. The van der Waals surface area contributed by atoms with E-state index in [2.05, 4.69) is 9.88 Å². The maximum absolute atomic E-state index is 15.0. The van der Waals surface area contributed by atoms with Crippen molar-refractivity contribution in [3.8, 4) is 17.6 Å². The molecule has 0 saturated carbocycles. The standard InChI is InChI=1S/C30H37FN6O6S/c1-6-20(2)37(44(40)41)26-10-8-24(31)27(23(26)18-32)42-21-7-9-25-22(17-21)28(38)36(19-33-25)16-13-34-11-14-35(15-12-34)29(39)43-30(3,4)5/h7-10,17,19-20H,6,11-16H2,1-5H3,(H,40,41). The van der Waals surface area contributed by atoms with Crippen molar-refractivity contribution in [2.45, 2.75) is 59.2 Å². The predicted molar refractivity (Wildman–Crippen MR) is 164 cm³/mol. The van der Waals surface area contributed by atoms with Crippen molar-refractivity contribution >= 4 is 34.0 Å². The number of benzene rings is 2. The van der Waals surface area contributed by atoms with Crippen molar-refractivity contribution in [3.63, 3.8) is 0 Å². The Morgan fingerprint density at radius 1 is 1.20 bits per heavy atom. The Balaban J connectivity index is 1.52. The Kier molecular flexibility index (Phi) is 10.2. The van der Waals surface area contributed by atoms with Gasteiger partial charge in [0.1, 0.15) is 23.0 Å². The number of piperazine rings is 1. The maximum atomic E-state index is 15.0. The van der Waals surface area contributed by atoms with Crippen LogP contribution in [0.5, 0.6) is 11.5 Å². The summed E-state index contributed by atoms with van der Waals surface area (Å²) in [6.07, 6.45) is 1.63. The molecule has 1 fully saturated rings. The topological polar surface area (TPSA) is 141 Å². The van der Waals surface area contributed by atoms with Gasteiger partial charge in [-0.05, 0) is 64.4 Å². The zero-order valence-corrected chi connectivity index (χ0v) is 26.3. The van der Waals surface area contributed by atoms with E-state index in [0.29, 0.717) is 51.2 Å². The van der Waals surface area contributed by atoms with Crippen molar-refractivity contribution in [1.29, 1.82) is 5.26 Å². The quantitative estimate of drug-likeness (QED) is 0.339. The highest BCUT2D eigenvalue weighted by atomic mass is 32.2. The molecule has 1 aliphatic rings. The minimum absolute atomic E-state index is 0.0517. The lowest BCUT2D eigenvalue weighted by molar-refractivity contribution is 0.0142. The average Bonchev–Trinajstić information content (AvgIpc) is 2.98. The number of anilines is 1. The van der Waals surface area contributed by atoms with Crippen LogP contribution < -0.4 is 14.6 Å².